The molecule has 2 nitrogen and oxygen atoms in total. The summed E-state index contributed by atoms with van der Waals surface area (Å²) in [7, 11) is 0. The predicted octanol–water partition coefficient (Wildman–Crippen LogP) is 4.70. The zero-order chi connectivity index (χ0) is 13.1. The van der Waals surface area contributed by atoms with E-state index in [0.29, 0.717) is 5.92 Å². The van der Waals surface area contributed by atoms with Crippen molar-refractivity contribution < 1.29 is 0 Å². The smallest absolute Gasteiger partial charge is 0.130 e. The van der Waals surface area contributed by atoms with Crippen LogP contribution in [0.1, 0.15) is 26.1 Å². The highest BCUT2D eigenvalue weighted by Crippen LogP contribution is 2.26. The lowest BCUT2D eigenvalue weighted by Gasteiger charge is -2.08. The monoisotopic (exact) mass is 324 g/mol. The largest absolute Gasteiger partial charge is 0.233 e. The van der Waals surface area contributed by atoms with Crippen molar-refractivity contribution in [2.45, 2.75) is 31.7 Å². The Hall–Kier alpha value is -0.610. The molecule has 4 heteroatoms. The standard InChI is InChI=1S/C14H17BrN2S/c1-9(2)4-7-13-16-12-6-5-10(15)8-11(12)14(17-13)18-3/h5-6,8-9H,4,7H2,1-3H3. The Balaban J connectivity index is 2.43. The molecule has 0 radical (unpaired) electrons. The first-order valence-electron chi connectivity index (χ1n) is 6.10. The van der Waals surface area contributed by atoms with E-state index >= 15 is 0 Å². The molecule has 0 saturated carbocycles. The van der Waals surface area contributed by atoms with E-state index < -0.39 is 0 Å². The molecule has 0 spiro atoms. The van der Waals surface area contributed by atoms with Crippen LogP contribution >= 0.6 is 27.7 Å². The summed E-state index contributed by atoms with van der Waals surface area (Å²) < 4.78 is 1.07. The van der Waals surface area contributed by atoms with Crippen LogP contribution in [0.2, 0.25) is 0 Å². The van der Waals surface area contributed by atoms with Gasteiger partial charge in [-0.2, -0.15) is 0 Å². The molecule has 2 aromatic rings. The van der Waals surface area contributed by atoms with E-state index in [-0.39, 0.29) is 0 Å². The van der Waals surface area contributed by atoms with Crippen LogP contribution in [0.15, 0.2) is 27.7 Å². The van der Waals surface area contributed by atoms with Gasteiger partial charge in [0, 0.05) is 16.3 Å². The number of benzene rings is 1. The molecule has 0 saturated heterocycles. The zero-order valence-electron chi connectivity index (χ0n) is 10.9. The molecule has 0 fully saturated rings. The number of nitrogens with zero attached hydrogens (tertiary/aromatic N) is 2. The lowest BCUT2D eigenvalue weighted by atomic mass is 10.1. The van der Waals surface area contributed by atoms with Gasteiger partial charge in [0.25, 0.3) is 0 Å². The number of fused-ring (bicyclic) bond motifs is 1. The Kier molecular flexibility index (Phi) is 4.62. The van der Waals surface area contributed by atoms with E-state index in [2.05, 4.69) is 58.1 Å². The first kappa shape index (κ1) is 13.8. The minimum absolute atomic E-state index is 0.687. The number of hydrogen-bond acceptors (Lipinski definition) is 3. The lowest BCUT2D eigenvalue weighted by molar-refractivity contribution is 0.574. The molecule has 0 bridgehead atoms. The lowest BCUT2D eigenvalue weighted by Crippen LogP contribution is -2.00. The normalized spacial score (nSPS) is 11.4. The third-order valence-electron chi connectivity index (χ3n) is 2.81. The molecule has 0 aliphatic rings. The quantitative estimate of drug-likeness (QED) is 0.602. The number of halogens is 1. The van der Waals surface area contributed by atoms with Crippen LogP contribution in [0.25, 0.3) is 10.9 Å². The van der Waals surface area contributed by atoms with Crippen molar-refractivity contribution in [1.82, 2.24) is 9.97 Å². The van der Waals surface area contributed by atoms with E-state index in [4.69, 9.17) is 0 Å². The summed E-state index contributed by atoms with van der Waals surface area (Å²) >= 11 is 5.18. The summed E-state index contributed by atoms with van der Waals surface area (Å²) in [6.07, 6.45) is 4.15. The molecule has 0 aliphatic carbocycles. The highest BCUT2D eigenvalue weighted by atomic mass is 79.9. The summed E-state index contributed by atoms with van der Waals surface area (Å²) in [5.41, 5.74) is 1.04. The van der Waals surface area contributed by atoms with Gasteiger partial charge in [0.1, 0.15) is 10.9 Å². The second-order valence-corrected chi connectivity index (χ2v) is 6.45. The van der Waals surface area contributed by atoms with Gasteiger partial charge in [-0.1, -0.05) is 29.8 Å². The molecule has 0 unspecified atom stereocenters. The van der Waals surface area contributed by atoms with Crippen LogP contribution in [0.3, 0.4) is 0 Å². The number of hydrogen-bond donors (Lipinski definition) is 0. The van der Waals surface area contributed by atoms with Gasteiger partial charge in [0.05, 0.1) is 5.52 Å². The van der Waals surface area contributed by atoms with E-state index in [1.165, 1.54) is 0 Å². The fourth-order valence-corrected chi connectivity index (χ4v) is 2.74. The highest BCUT2D eigenvalue weighted by molar-refractivity contribution is 9.10. The summed E-state index contributed by atoms with van der Waals surface area (Å²) in [6.45, 7) is 4.46. The minimum atomic E-state index is 0.687. The molecule has 1 heterocycles. The van der Waals surface area contributed by atoms with E-state index in [0.717, 1.165) is 39.1 Å². The first-order valence-corrected chi connectivity index (χ1v) is 8.12. The maximum atomic E-state index is 4.66. The van der Waals surface area contributed by atoms with Crippen LogP contribution in [0, 0.1) is 5.92 Å². The fraction of sp³-hybridized carbons (Fsp3) is 0.429. The molecule has 0 aliphatic heterocycles. The average Bonchev–Trinajstić information content (AvgIpc) is 2.35. The van der Waals surface area contributed by atoms with Crippen LogP contribution in [-0.2, 0) is 6.42 Å². The van der Waals surface area contributed by atoms with E-state index in [9.17, 15) is 0 Å². The van der Waals surface area contributed by atoms with Crippen molar-refractivity contribution in [1.29, 1.82) is 0 Å². The molecule has 1 aromatic carbocycles. The van der Waals surface area contributed by atoms with Crippen molar-refractivity contribution in [3.8, 4) is 0 Å². The number of aryl methyl sites for hydroxylation is 1. The van der Waals surface area contributed by atoms with Crippen molar-refractivity contribution in [3.63, 3.8) is 0 Å². The Morgan fingerprint density at radius 1 is 1.28 bits per heavy atom. The third-order valence-corrected chi connectivity index (χ3v) is 4.00. The average molecular weight is 325 g/mol. The second kappa shape index (κ2) is 6.02. The van der Waals surface area contributed by atoms with Crippen LogP contribution in [-0.4, -0.2) is 16.2 Å². The van der Waals surface area contributed by atoms with Gasteiger partial charge < -0.3 is 0 Å². The first-order chi connectivity index (χ1) is 8.60. The predicted molar refractivity (Wildman–Crippen MR) is 82.2 cm³/mol. The summed E-state index contributed by atoms with van der Waals surface area (Å²) in [4.78, 5) is 9.32. The third kappa shape index (κ3) is 3.23. The van der Waals surface area contributed by atoms with E-state index in [1.807, 2.05) is 6.07 Å². The molecule has 2 rings (SSSR count). The Bertz CT molecular complexity index is 555. The Labute approximate surface area is 121 Å². The molecule has 96 valence electrons. The number of rotatable bonds is 4. The second-order valence-electron chi connectivity index (χ2n) is 4.74. The van der Waals surface area contributed by atoms with Gasteiger partial charge in [0.15, 0.2) is 0 Å². The van der Waals surface area contributed by atoms with Gasteiger partial charge >= 0.3 is 0 Å². The molecular weight excluding hydrogens is 308 g/mol. The van der Waals surface area contributed by atoms with Crippen molar-refractivity contribution >= 4 is 38.6 Å². The topological polar surface area (TPSA) is 25.8 Å². The van der Waals surface area contributed by atoms with Gasteiger partial charge in [-0.15, -0.1) is 11.8 Å². The van der Waals surface area contributed by atoms with Crippen LogP contribution < -0.4 is 0 Å². The number of thioether (sulfide) groups is 1. The van der Waals surface area contributed by atoms with Gasteiger partial charge in [-0.05, 0) is 36.8 Å². The minimum Gasteiger partial charge on any atom is -0.233 e. The molecule has 1 aromatic heterocycles. The molecule has 0 amide bonds. The number of aromatic nitrogens is 2. The summed E-state index contributed by atoms with van der Waals surface area (Å²) in [5.74, 6) is 1.65. The fourth-order valence-electron chi connectivity index (χ4n) is 1.80. The van der Waals surface area contributed by atoms with Crippen LogP contribution in [0.4, 0.5) is 0 Å². The Morgan fingerprint density at radius 3 is 2.72 bits per heavy atom. The molecule has 0 atom stereocenters. The van der Waals surface area contributed by atoms with Gasteiger partial charge in [-0.25, -0.2) is 9.97 Å². The highest BCUT2D eigenvalue weighted by Gasteiger charge is 2.08. The molecule has 0 N–H and O–H groups in total. The van der Waals surface area contributed by atoms with E-state index in [1.54, 1.807) is 11.8 Å². The molecule has 18 heavy (non-hydrogen) atoms. The maximum absolute atomic E-state index is 4.66. The maximum Gasteiger partial charge on any atom is 0.130 e. The van der Waals surface area contributed by atoms with Crippen molar-refractivity contribution in [2.24, 2.45) is 5.92 Å². The van der Waals surface area contributed by atoms with Crippen molar-refractivity contribution in [2.75, 3.05) is 6.26 Å². The Morgan fingerprint density at radius 2 is 2.06 bits per heavy atom. The van der Waals surface area contributed by atoms with Crippen LogP contribution in [0.5, 0.6) is 0 Å². The zero-order valence-corrected chi connectivity index (χ0v) is 13.3. The summed E-state index contributed by atoms with van der Waals surface area (Å²) in [6, 6.07) is 6.18. The van der Waals surface area contributed by atoms with Gasteiger partial charge in [-0.3, -0.25) is 0 Å². The SMILES string of the molecule is CSc1nc(CCC(C)C)nc2ccc(Br)cc12. The summed E-state index contributed by atoms with van der Waals surface area (Å²) in [5, 5.41) is 2.20. The molecular formula is C14H17BrN2S. The van der Waals surface area contributed by atoms with Gasteiger partial charge in [0.2, 0.25) is 0 Å². The van der Waals surface area contributed by atoms with Crippen molar-refractivity contribution in [3.05, 3.63) is 28.5 Å².